The molecule has 0 bridgehead atoms. The second-order valence-electron chi connectivity index (χ2n) is 10.7. The molecule has 1 aliphatic heterocycles. The van der Waals surface area contributed by atoms with Crippen molar-refractivity contribution in [3.63, 3.8) is 0 Å². The number of allylic oxidation sites excluding steroid dienone is 3. The monoisotopic (exact) mass is 633 g/mol. The van der Waals surface area contributed by atoms with Crippen LogP contribution in [0.25, 0.3) is 22.6 Å². The summed E-state index contributed by atoms with van der Waals surface area (Å²) >= 11 is 0. The molecule has 0 amide bonds. The average Bonchev–Trinajstić information content (AvgIpc) is 3.61. The second kappa shape index (κ2) is 9.86. The molecule has 1 aliphatic carbocycles. The van der Waals surface area contributed by atoms with Crippen molar-refractivity contribution >= 4 is 21.1 Å². The Morgan fingerprint density at radius 2 is 1.73 bits per heavy atom. The molecule has 2 aromatic carbocycles. The lowest BCUT2D eigenvalue weighted by atomic mass is 9.83. The van der Waals surface area contributed by atoms with Gasteiger partial charge in [0.25, 0.3) is 0 Å². The summed E-state index contributed by atoms with van der Waals surface area (Å²) in [5.74, 6) is -0.528. The van der Waals surface area contributed by atoms with Gasteiger partial charge < -0.3 is 18.8 Å². The number of sulfone groups is 1. The van der Waals surface area contributed by atoms with Crippen LogP contribution in [0.15, 0.2) is 71.3 Å². The fourth-order valence-electron chi connectivity index (χ4n) is 5.69. The van der Waals surface area contributed by atoms with Gasteiger partial charge in [-0.3, -0.25) is 0 Å². The molecule has 1 N–H and O–H groups in total. The molecule has 6 rings (SSSR count). The van der Waals surface area contributed by atoms with Gasteiger partial charge in [0.2, 0.25) is 0 Å². The van der Waals surface area contributed by atoms with Crippen molar-refractivity contribution in [2.24, 2.45) is 0 Å². The van der Waals surface area contributed by atoms with E-state index in [0.29, 0.717) is 11.1 Å². The number of nitrogens with zero attached hydrogens (tertiary/aromatic N) is 3. The van der Waals surface area contributed by atoms with E-state index in [1.54, 1.807) is 36.4 Å². The molecule has 230 valence electrons. The third kappa shape index (κ3) is 4.63. The van der Waals surface area contributed by atoms with Crippen molar-refractivity contribution in [2.75, 3.05) is 6.26 Å². The van der Waals surface area contributed by atoms with E-state index in [1.165, 1.54) is 38.1 Å². The van der Waals surface area contributed by atoms with E-state index in [1.807, 2.05) is 0 Å². The second-order valence-corrected chi connectivity index (χ2v) is 12.9. The molecular formula is C30H24F5N3O5S. The molecule has 2 aliphatic rings. The van der Waals surface area contributed by atoms with Crippen LogP contribution >= 0.6 is 0 Å². The van der Waals surface area contributed by atoms with Crippen molar-refractivity contribution in [2.45, 2.75) is 43.4 Å². The first kappa shape index (κ1) is 29.8. The number of hydrogen-bond acceptors (Lipinski definition) is 7. The van der Waals surface area contributed by atoms with Gasteiger partial charge in [-0.15, -0.1) is 0 Å². The first-order valence-corrected chi connectivity index (χ1v) is 15.1. The number of imidazole rings is 1. The van der Waals surface area contributed by atoms with E-state index in [0.717, 1.165) is 17.0 Å². The summed E-state index contributed by atoms with van der Waals surface area (Å²) in [6, 6.07) is 12.5. The highest BCUT2D eigenvalue weighted by molar-refractivity contribution is 7.92. The number of benzene rings is 2. The number of aliphatic hydroxyl groups is 1. The Bertz CT molecular complexity index is 1960. The normalized spacial score (nSPS) is 21.4. The number of halogens is 5. The molecule has 3 heterocycles. The van der Waals surface area contributed by atoms with Crippen molar-refractivity contribution in [1.29, 1.82) is 0 Å². The Morgan fingerprint density at radius 3 is 2.36 bits per heavy atom. The van der Waals surface area contributed by atoms with Crippen molar-refractivity contribution in [3.8, 4) is 17.1 Å². The van der Waals surface area contributed by atoms with E-state index in [2.05, 4.69) is 14.7 Å². The van der Waals surface area contributed by atoms with Gasteiger partial charge in [-0.1, -0.05) is 36.4 Å². The van der Waals surface area contributed by atoms with Gasteiger partial charge in [0.1, 0.15) is 17.3 Å². The molecule has 14 heteroatoms. The number of alkyl halides is 5. The van der Waals surface area contributed by atoms with E-state index in [9.17, 15) is 35.5 Å². The molecule has 4 aromatic rings. The Kier molecular flexibility index (Phi) is 6.67. The van der Waals surface area contributed by atoms with Crippen molar-refractivity contribution < 1.29 is 44.6 Å². The molecule has 0 spiro atoms. The number of ether oxygens (including phenoxy) is 1. The molecule has 2 aromatic heterocycles. The predicted octanol–water partition coefficient (Wildman–Crippen LogP) is 6.46. The van der Waals surface area contributed by atoms with Crippen LogP contribution in [0.2, 0.25) is 0 Å². The van der Waals surface area contributed by atoms with Crippen LogP contribution in [-0.4, -0.2) is 40.4 Å². The summed E-state index contributed by atoms with van der Waals surface area (Å²) < 4.78 is 107. The van der Waals surface area contributed by atoms with Gasteiger partial charge >= 0.3 is 12.3 Å². The van der Waals surface area contributed by atoms with Crippen molar-refractivity contribution in [3.05, 3.63) is 101 Å². The zero-order valence-electron chi connectivity index (χ0n) is 23.4. The van der Waals surface area contributed by atoms with Crippen LogP contribution in [0.3, 0.4) is 0 Å². The Hall–Kier alpha value is -4.30. The molecular weight excluding hydrogens is 609 g/mol. The van der Waals surface area contributed by atoms with Crippen LogP contribution in [0.1, 0.15) is 46.8 Å². The highest BCUT2D eigenvalue weighted by atomic mass is 32.2. The SMILES string of the molecule is Cc1nc(C2(S(C)(=O)=O)CC(c3ccccc3)=CC=C2n2cc(C(F)(F)F)nc2C)c(-c2ccc3c(c2)C(O)C(F)(F)O3)o1. The van der Waals surface area contributed by atoms with Gasteiger partial charge in [-0.05, 0) is 42.3 Å². The lowest BCUT2D eigenvalue weighted by Gasteiger charge is -2.37. The molecule has 0 saturated heterocycles. The Labute approximate surface area is 248 Å². The zero-order valence-corrected chi connectivity index (χ0v) is 24.2. The molecule has 0 fully saturated rings. The third-order valence-corrected chi connectivity index (χ3v) is 9.57. The van der Waals surface area contributed by atoms with Crippen LogP contribution in [-0.2, 0) is 20.8 Å². The van der Waals surface area contributed by atoms with E-state index in [-0.39, 0.29) is 52.2 Å². The standard InChI is InChI=1S/C30H24F5N3O5S/c1-16-36-23(29(31,32)33)15-38(16)24-12-10-20(18-7-5-4-6-8-18)14-28(24,44(3,40)41)26-25(42-17(2)37-26)19-9-11-22-21(13-19)27(39)30(34,35)43-22/h4-13,15,27,39H,14H2,1-3H3. The molecule has 8 nitrogen and oxygen atoms in total. The highest BCUT2D eigenvalue weighted by Gasteiger charge is 2.54. The van der Waals surface area contributed by atoms with Crippen LogP contribution in [0.4, 0.5) is 22.0 Å². The maximum absolute atomic E-state index is 14.1. The minimum Gasteiger partial charge on any atom is -0.441 e. The first-order chi connectivity index (χ1) is 20.5. The maximum atomic E-state index is 14.1. The van der Waals surface area contributed by atoms with Gasteiger partial charge in [0, 0.05) is 36.9 Å². The lowest BCUT2D eigenvalue weighted by Crippen LogP contribution is -2.41. The largest absolute Gasteiger partial charge is 0.441 e. The number of rotatable bonds is 5. The van der Waals surface area contributed by atoms with E-state index < -0.39 is 38.7 Å². The summed E-state index contributed by atoms with van der Waals surface area (Å²) in [5.41, 5.74) is -0.450. The van der Waals surface area contributed by atoms with E-state index in [4.69, 9.17) is 4.42 Å². The van der Waals surface area contributed by atoms with Crippen LogP contribution in [0, 0.1) is 13.8 Å². The maximum Gasteiger partial charge on any atom is 0.434 e. The fourth-order valence-corrected chi connectivity index (χ4v) is 7.14. The smallest absolute Gasteiger partial charge is 0.434 e. The van der Waals surface area contributed by atoms with Gasteiger partial charge in [0.15, 0.2) is 38.0 Å². The number of aromatic nitrogens is 3. The van der Waals surface area contributed by atoms with Gasteiger partial charge in [-0.2, -0.15) is 22.0 Å². The summed E-state index contributed by atoms with van der Waals surface area (Å²) in [7, 11) is -4.34. The Balaban J connectivity index is 1.64. The van der Waals surface area contributed by atoms with Crippen molar-refractivity contribution in [1.82, 2.24) is 14.5 Å². The summed E-state index contributed by atoms with van der Waals surface area (Å²) in [4.78, 5) is 8.12. The molecule has 2 unspecified atom stereocenters. The average molecular weight is 634 g/mol. The summed E-state index contributed by atoms with van der Waals surface area (Å²) in [6.45, 7) is 2.77. The zero-order chi connectivity index (χ0) is 31.8. The third-order valence-electron chi connectivity index (χ3n) is 7.75. The van der Waals surface area contributed by atoms with Gasteiger partial charge in [0.05, 0.1) is 5.70 Å². The Morgan fingerprint density at radius 1 is 1.02 bits per heavy atom. The highest BCUT2D eigenvalue weighted by Crippen LogP contribution is 2.53. The number of fused-ring (bicyclic) bond motifs is 1. The molecule has 44 heavy (non-hydrogen) atoms. The molecule has 0 radical (unpaired) electrons. The fraction of sp³-hybridized carbons (Fsp3) is 0.267. The van der Waals surface area contributed by atoms with Gasteiger partial charge in [-0.25, -0.2) is 18.4 Å². The quantitative estimate of drug-likeness (QED) is 0.252. The van der Waals surface area contributed by atoms with Crippen LogP contribution in [0.5, 0.6) is 5.75 Å². The lowest BCUT2D eigenvalue weighted by molar-refractivity contribution is -0.224. The number of aliphatic hydroxyl groups excluding tert-OH is 1. The number of hydrogen-bond donors (Lipinski definition) is 1. The summed E-state index contributed by atoms with van der Waals surface area (Å²) in [6.07, 6.45) is -6.57. The minimum absolute atomic E-state index is 0.00847. The molecule has 0 saturated carbocycles. The number of oxazole rings is 1. The predicted molar refractivity (Wildman–Crippen MR) is 149 cm³/mol. The summed E-state index contributed by atoms with van der Waals surface area (Å²) in [5, 5.41) is 10.2. The minimum atomic E-state index is -4.81. The van der Waals surface area contributed by atoms with Crippen LogP contribution < -0.4 is 4.74 Å². The first-order valence-electron chi connectivity index (χ1n) is 13.2. The van der Waals surface area contributed by atoms with E-state index >= 15 is 0 Å². The topological polar surface area (TPSA) is 107 Å². The molecule has 2 atom stereocenters. The number of aryl methyl sites for hydroxylation is 2.